The molecule has 0 amide bonds. The summed E-state index contributed by atoms with van der Waals surface area (Å²) in [6.45, 7) is 3.97. The first-order valence-corrected chi connectivity index (χ1v) is 7.59. The van der Waals surface area contributed by atoms with Gasteiger partial charge >= 0.3 is 0 Å². The Morgan fingerprint density at radius 1 is 1.30 bits per heavy atom. The van der Waals surface area contributed by atoms with Crippen LogP contribution in [0.25, 0.3) is 10.9 Å². The van der Waals surface area contributed by atoms with Gasteiger partial charge in [-0.05, 0) is 44.4 Å². The quantitative estimate of drug-likeness (QED) is 0.863. The number of para-hydroxylation sites is 1. The number of nitrogens with one attached hydrogen (secondary N) is 1. The Labute approximate surface area is 119 Å². The van der Waals surface area contributed by atoms with E-state index in [2.05, 4.69) is 34.1 Å². The van der Waals surface area contributed by atoms with E-state index < -0.39 is 0 Å². The summed E-state index contributed by atoms with van der Waals surface area (Å²) in [7, 11) is 0. The lowest BCUT2D eigenvalue weighted by Crippen LogP contribution is -2.45. The van der Waals surface area contributed by atoms with Crippen LogP contribution in [-0.4, -0.2) is 28.8 Å². The molecule has 2 aliphatic rings. The topological polar surface area (TPSA) is 36.1 Å². The predicted octanol–water partition coefficient (Wildman–Crippen LogP) is 3.07. The van der Waals surface area contributed by atoms with Gasteiger partial charge in [-0.1, -0.05) is 18.2 Å². The molecular formula is C17H20N2O. The smallest absolute Gasteiger partial charge is 0.134 e. The minimum Gasteiger partial charge on any atom is -0.357 e. The van der Waals surface area contributed by atoms with Gasteiger partial charge in [-0.15, -0.1) is 0 Å². The Kier molecular flexibility index (Phi) is 2.71. The van der Waals surface area contributed by atoms with Gasteiger partial charge < -0.3 is 4.98 Å². The molecule has 3 heterocycles. The third-order valence-corrected chi connectivity index (χ3v) is 5.05. The number of fused-ring (bicyclic) bond motifs is 5. The summed E-state index contributed by atoms with van der Waals surface area (Å²) in [5.41, 5.74) is 3.96. The summed E-state index contributed by atoms with van der Waals surface area (Å²) in [6.07, 6.45) is 3.28. The Morgan fingerprint density at radius 3 is 3.00 bits per heavy atom. The summed E-state index contributed by atoms with van der Waals surface area (Å²) in [4.78, 5) is 18.2. The molecule has 4 rings (SSSR count). The van der Waals surface area contributed by atoms with E-state index in [0.29, 0.717) is 5.78 Å². The van der Waals surface area contributed by atoms with E-state index in [9.17, 15) is 4.79 Å². The van der Waals surface area contributed by atoms with Crippen LogP contribution in [0.1, 0.15) is 37.1 Å². The Hall–Kier alpha value is -1.61. The number of hydrogen-bond donors (Lipinski definition) is 1. The summed E-state index contributed by atoms with van der Waals surface area (Å²) in [5, 5.41) is 1.34. The molecule has 3 nitrogen and oxygen atoms in total. The fourth-order valence-electron chi connectivity index (χ4n) is 4.12. The monoisotopic (exact) mass is 268 g/mol. The molecule has 1 saturated heterocycles. The van der Waals surface area contributed by atoms with Gasteiger partial charge in [0.1, 0.15) is 5.78 Å². The Morgan fingerprint density at radius 2 is 2.15 bits per heavy atom. The molecule has 2 aliphatic heterocycles. The highest BCUT2D eigenvalue weighted by Gasteiger charge is 2.39. The Bertz CT molecular complexity index is 673. The minimum absolute atomic E-state index is 0.163. The van der Waals surface area contributed by atoms with Crippen molar-refractivity contribution in [3.8, 4) is 0 Å². The Balaban J connectivity index is 1.88. The van der Waals surface area contributed by atoms with Gasteiger partial charge in [0.05, 0.1) is 6.04 Å². The molecule has 2 atom stereocenters. The summed E-state index contributed by atoms with van der Waals surface area (Å²) in [6, 6.07) is 8.80. The molecule has 0 aliphatic carbocycles. The highest BCUT2D eigenvalue weighted by molar-refractivity contribution is 5.86. The molecule has 2 aromatic rings. The molecule has 0 radical (unpaired) electrons. The van der Waals surface area contributed by atoms with Crippen LogP contribution >= 0.6 is 0 Å². The van der Waals surface area contributed by atoms with Crippen molar-refractivity contribution in [1.29, 1.82) is 0 Å². The van der Waals surface area contributed by atoms with Crippen LogP contribution in [-0.2, 0) is 11.2 Å². The molecule has 20 heavy (non-hydrogen) atoms. The average molecular weight is 268 g/mol. The number of benzene rings is 1. The molecule has 1 aromatic carbocycles. The van der Waals surface area contributed by atoms with Crippen molar-refractivity contribution in [2.75, 3.05) is 13.1 Å². The third kappa shape index (κ3) is 1.66. The van der Waals surface area contributed by atoms with Crippen LogP contribution in [0.15, 0.2) is 24.3 Å². The SMILES string of the molecule is CC(=O)[C@H]1CCCN2CCc3c([nH]c4ccccc34)[C@H]12. The van der Waals surface area contributed by atoms with Gasteiger partial charge in [0.15, 0.2) is 0 Å². The number of ketones is 1. The molecule has 3 heteroatoms. The van der Waals surface area contributed by atoms with Gasteiger partial charge in [-0.3, -0.25) is 9.69 Å². The van der Waals surface area contributed by atoms with Crippen molar-refractivity contribution in [1.82, 2.24) is 9.88 Å². The second-order valence-electron chi connectivity index (χ2n) is 6.15. The van der Waals surface area contributed by atoms with Crippen LogP contribution in [0.3, 0.4) is 0 Å². The molecule has 0 saturated carbocycles. The molecule has 0 spiro atoms. The number of carbonyl (C=O) groups is 1. The van der Waals surface area contributed by atoms with Crippen molar-refractivity contribution < 1.29 is 4.79 Å². The maximum atomic E-state index is 12.0. The highest BCUT2D eigenvalue weighted by Crippen LogP contribution is 2.42. The fraction of sp³-hybridized carbons (Fsp3) is 0.471. The summed E-state index contributed by atoms with van der Waals surface area (Å²) >= 11 is 0. The average Bonchev–Trinajstić information content (AvgIpc) is 2.85. The predicted molar refractivity (Wildman–Crippen MR) is 79.7 cm³/mol. The molecular weight excluding hydrogens is 248 g/mol. The van der Waals surface area contributed by atoms with Crippen molar-refractivity contribution in [2.45, 2.75) is 32.2 Å². The molecule has 0 bridgehead atoms. The highest BCUT2D eigenvalue weighted by atomic mass is 16.1. The number of rotatable bonds is 1. The molecule has 1 aromatic heterocycles. The van der Waals surface area contributed by atoms with E-state index in [0.717, 1.165) is 32.4 Å². The first kappa shape index (κ1) is 12.2. The normalized spacial score (nSPS) is 26.2. The second kappa shape index (κ2) is 4.45. The van der Waals surface area contributed by atoms with E-state index in [1.54, 1.807) is 6.92 Å². The van der Waals surface area contributed by atoms with Crippen molar-refractivity contribution in [3.05, 3.63) is 35.5 Å². The number of Topliss-reactive ketones (excluding diaryl/α,β-unsaturated/α-hetero) is 1. The maximum absolute atomic E-state index is 12.0. The number of carbonyl (C=O) groups excluding carboxylic acids is 1. The summed E-state index contributed by atoms with van der Waals surface area (Å²) in [5.74, 6) is 0.502. The van der Waals surface area contributed by atoms with Crippen LogP contribution in [0.2, 0.25) is 0 Å². The fourth-order valence-corrected chi connectivity index (χ4v) is 4.12. The maximum Gasteiger partial charge on any atom is 0.134 e. The van der Waals surface area contributed by atoms with E-state index in [-0.39, 0.29) is 12.0 Å². The number of nitrogens with zero attached hydrogens (tertiary/aromatic N) is 1. The van der Waals surface area contributed by atoms with Gasteiger partial charge in [0.25, 0.3) is 0 Å². The zero-order valence-corrected chi connectivity index (χ0v) is 11.9. The van der Waals surface area contributed by atoms with E-state index in [4.69, 9.17) is 0 Å². The van der Waals surface area contributed by atoms with Crippen LogP contribution in [0.5, 0.6) is 0 Å². The standard InChI is InChI=1S/C17H20N2O/c1-11(20)12-6-4-9-19-10-8-14-13-5-2-3-7-15(13)18-16(14)17(12)19/h2-3,5,7,12,17-18H,4,6,8-10H2,1H3/t12-,17+/m1/s1. The van der Waals surface area contributed by atoms with E-state index >= 15 is 0 Å². The number of aromatic amines is 1. The lowest BCUT2D eigenvalue weighted by atomic mass is 9.80. The van der Waals surface area contributed by atoms with Gasteiger partial charge in [-0.2, -0.15) is 0 Å². The van der Waals surface area contributed by atoms with Crippen LogP contribution in [0, 0.1) is 5.92 Å². The lowest BCUT2D eigenvalue weighted by Gasteiger charge is -2.43. The van der Waals surface area contributed by atoms with Crippen molar-refractivity contribution in [2.24, 2.45) is 5.92 Å². The molecule has 0 unspecified atom stereocenters. The number of piperidine rings is 1. The third-order valence-electron chi connectivity index (χ3n) is 5.05. The minimum atomic E-state index is 0.163. The van der Waals surface area contributed by atoms with Gasteiger partial charge in [0.2, 0.25) is 0 Å². The van der Waals surface area contributed by atoms with Crippen molar-refractivity contribution >= 4 is 16.7 Å². The molecule has 1 N–H and O–H groups in total. The first-order chi connectivity index (χ1) is 9.75. The van der Waals surface area contributed by atoms with Gasteiger partial charge in [-0.25, -0.2) is 0 Å². The van der Waals surface area contributed by atoms with Gasteiger partial charge in [0, 0.05) is 29.1 Å². The van der Waals surface area contributed by atoms with E-state index in [1.807, 2.05) is 0 Å². The second-order valence-corrected chi connectivity index (χ2v) is 6.15. The number of aromatic nitrogens is 1. The van der Waals surface area contributed by atoms with Crippen LogP contribution < -0.4 is 0 Å². The number of H-pyrrole nitrogens is 1. The lowest BCUT2D eigenvalue weighted by molar-refractivity contribution is -0.125. The summed E-state index contributed by atoms with van der Waals surface area (Å²) < 4.78 is 0. The van der Waals surface area contributed by atoms with Crippen molar-refractivity contribution in [3.63, 3.8) is 0 Å². The number of hydrogen-bond acceptors (Lipinski definition) is 2. The first-order valence-electron chi connectivity index (χ1n) is 7.59. The zero-order chi connectivity index (χ0) is 13.7. The van der Waals surface area contributed by atoms with E-state index in [1.165, 1.54) is 22.2 Å². The largest absolute Gasteiger partial charge is 0.357 e. The van der Waals surface area contributed by atoms with Crippen LogP contribution in [0.4, 0.5) is 0 Å². The molecule has 1 fully saturated rings. The zero-order valence-electron chi connectivity index (χ0n) is 11.9. The molecule has 104 valence electrons.